The van der Waals surface area contributed by atoms with Crippen molar-refractivity contribution < 1.29 is 4.79 Å². The Labute approximate surface area is 79.3 Å². The predicted molar refractivity (Wildman–Crippen MR) is 50.2 cm³/mol. The molecule has 2 heterocycles. The summed E-state index contributed by atoms with van der Waals surface area (Å²) in [6, 6.07) is 1.35. The molecular weight excluding hydrogens is 184 g/mol. The van der Waals surface area contributed by atoms with E-state index in [4.69, 9.17) is 0 Å². The first-order chi connectivity index (χ1) is 6.66. The van der Waals surface area contributed by atoms with Crippen molar-refractivity contribution in [2.45, 2.75) is 13.3 Å². The van der Waals surface area contributed by atoms with Gasteiger partial charge in [-0.15, -0.1) is 0 Å². The van der Waals surface area contributed by atoms with Crippen molar-refractivity contribution >= 4 is 18.1 Å². The van der Waals surface area contributed by atoms with Gasteiger partial charge in [-0.05, 0) is 6.92 Å². The molecule has 14 heavy (non-hydrogen) atoms. The average molecular weight is 192 g/mol. The summed E-state index contributed by atoms with van der Waals surface area (Å²) in [5.74, 6) is -0.0208. The van der Waals surface area contributed by atoms with Gasteiger partial charge in [0, 0.05) is 18.0 Å². The molecular formula is C8H8N4O2. The first kappa shape index (κ1) is 8.61. The van der Waals surface area contributed by atoms with Crippen LogP contribution < -0.4 is 10.6 Å². The molecule has 0 saturated carbocycles. The van der Waals surface area contributed by atoms with Crippen LogP contribution in [0, 0.1) is 6.92 Å². The molecule has 1 aliphatic rings. The number of aryl methyl sites for hydroxylation is 1. The van der Waals surface area contributed by atoms with E-state index < -0.39 is 0 Å². The minimum absolute atomic E-state index is 0.175. The molecule has 0 bridgehead atoms. The predicted octanol–water partition coefficient (Wildman–Crippen LogP) is -0.199. The fraction of sp³-hybridized carbons (Fsp3) is 0.250. The number of H-pyrrole nitrogens is 1. The number of carbonyl (C=O) groups excluding carboxylic acids is 1. The van der Waals surface area contributed by atoms with Gasteiger partial charge in [0.25, 0.3) is 11.5 Å². The number of aromatic amines is 1. The molecule has 0 fully saturated rings. The highest BCUT2D eigenvalue weighted by molar-refractivity contribution is 6.04. The smallest absolute Gasteiger partial charge is 0.255 e. The topological polar surface area (TPSA) is 78.4 Å². The van der Waals surface area contributed by atoms with E-state index in [1.807, 2.05) is 0 Å². The van der Waals surface area contributed by atoms with Crippen molar-refractivity contribution in [1.29, 1.82) is 0 Å². The molecule has 1 aliphatic heterocycles. The largest absolute Gasteiger partial charge is 0.291 e. The number of hydrogen-bond donors (Lipinski definition) is 1. The van der Waals surface area contributed by atoms with Crippen LogP contribution in [0.5, 0.6) is 0 Å². The van der Waals surface area contributed by atoms with Crippen molar-refractivity contribution in [3.63, 3.8) is 0 Å². The Kier molecular flexibility index (Phi) is 1.88. The van der Waals surface area contributed by atoms with Crippen molar-refractivity contribution in [1.82, 2.24) is 9.97 Å². The molecule has 0 spiro atoms. The Balaban J connectivity index is 2.46. The lowest BCUT2D eigenvalue weighted by Crippen LogP contribution is -2.25. The monoisotopic (exact) mass is 192 g/mol. The van der Waals surface area contributed by atoms with Crippen LogP contribution in [0.25, 0.3) is 0 Å². The highest BCUT2D eigenvalue weighted by Crippen LogP contribution is 2.11. The number of anilines is 1. The standard InChI is InChI=1S/C8H8N4O2/c1-5-4-6(13)11-8(10-5)12-7(14)2-3-9-12/h3-4H,2H2,1H3,(H,10,11,13). The van der Waals surface area contributed by atoms with E-state index in [0.29, 0.717) is 5.69 Å². The van der Waals surface area contributed by atoms with Crippen molar-refractivity contribution in [2.75, 3.05) is 5.01 Å². The number of nitrogens with zero attached hydrogens (tertiary/aromatic N) is 3. The molecule has 1 N–H and O–H groups in total. The van der Waals surface area contributed by atoms with Gasteiger partial charge in [0.2, 0.25) is 5.95 Å². The van der Waals surface area contributed by atoms with Gasteiger partial charge >= 0.3 is 0 Å². The summed E-state index contributed by atoms with van der Waals surface area (Å²) in [5, 5.41) is 4.89. The van der Waals surface area contributed by atoms with Crippen LogP contribution in [-0.2, 0) is 4.79 Å². The van der Waals surface area contributed by atoms with Gasteiger partial charge in [0.1, 0.15) is 0 Å². The molecule has 0 saturated heterocycles. The van der Waals surface area contributed by atoms with E-state index in [-0.39, 0.29) is 23.8 Å². The van der Waals surface area contributed by atoms with E-state index in [1.54, 1.807) is 6.92 Å². The second-order valence-corrected chi connectivity index (χ2v) is 2.92. The zero-order valence-electron chi connectivity index (χ0n) is 7.52. The summed E-state index contributed by atoms with van der Waals surface area (Å²) >= 11 is 0. The summed E-state index contributed by atoms with van der Waals surface area (Å²) in [6.07, 6.45) is 1.72. The molecule has 0 aliphatic carbocycles. The van der Waals surface area contributed by atoms with Crippen LogP contribution >= 0.6 is 0 Å². The SMILES string of the molecule is Cc1cc(=O)[nH]c(N2N=CCC2=O)n1. The number of carbonyl (C=O) groups is 1. The molecule has 1 aromatic heterocycles. The minimum atomic E-state index is -0.289. The first-order valence-corrected chi connectivity index (χ1v) is 4.10. The molecule has 6 heteroatoms. The third-order valence-corrected chi connectivity index (χ3v) is 1.76. The van der Waals surface area contributed by atoms with Gasteiger partial charge in [0.05, 0.1) is 6.42 Å². The number of rotatable bonds is 1. The Morgan fingerprint density at radius 2 is 2.29 bits per heavy atom. The Morgan fingerprint density at radius 3 is 2.86 bits per heavy atom. The molecule has 0 radical (unpaired) electrons. The number of aromatic nitrogens is 2. The third-order valence-electron chi connectivity index (χ3n) is 1.76. The van der Waals surface area contributed by atoms with Crippen molar-refractivity contribution in [3.8, 4) is 0 Å². The second-order valence-electron chi connectivity index (χ2n) is 2.92. The Bertz CT molecular complexity index is 463. The Hall–Kier alpha value is -1.98. The maximum absolute atomic E-state index is 11.2. The average Bonchev–Trinajstić information content (AvgIpc) is 2.49. The van der Waals surface area contributed by atoms with Gasteiger partial charge < -0.3 is 0 Å². The second kappa shape index (κ2) is 3.06. The zero-order chi connectivity index (χ0) is 10.1. The molecule has 1 amide bonds. The maximum atomic E-state index is 11.2. The van der Waals surface area contributed by atoms with Gasteiger partial charge in [-0.25, -0.2) is 4.98 Å². The number of hydrogen-bond acceptors (Lipinski definition) is 4. The maximum Gasteiger partial charge on any atom is 0.255 e. The van der Waals surface area contributed by atoms with Gasteiger partial charge in [-0.3, -0.25) is 14.6 Å². The molecule has 72 valence electrons. The van der Waals surface area contributed by atoms with E-state index >= 15 is 0 Å². The van der Waals surface area contributed by atoms with Crippen molar-refractivity contribution in [2.24, 2.45) is 5.10 Å². The lowest BCUT2D eigenvalue weighted by molar-refractivity contribution is -0.116. The normalized spacial score (nSPS) is 15.2. The summed E-state index contributed by atoms with van der Waals surface area (Å²) in [7, 11) is 0. The number of amides is 1. The number of nitrogens with one attached hydrogen (secondary N) is 1. The highest BCUT2D eigenvalue weighted by atomic mass is 16.2. The van der Waals surface area contributed by atoms with Crippen LogP contribution in [-0.4, -0.2) is 22.1 Å². The zero-order valence-corrected chi connectivity index (χ0v) is 7.52. The van der Waals surface area contributed by atoms with E-state index in [9.17, 15) is 9.59 Å². The fourth-order valence-electron chi connectivity index (χ4n) is 1.19. The summed E-state index contributed by atoms with van der Waals surface area (Å²) in [6.45, 7) is 1.68. The van der Waals surface area contributed by atoms with E-state index in [2.05, 4.69) is 15.1 Å². The summed E-state index contributed by atoms with van der Waals surface area (Å²) < 4.78 is 0. The van der Waals surface area contributed by atoms with Crippen molar-refractivity contribution in [3.05, 3.63) is 22.1 Å². The molecule has 6 nitrogen and oxygen atoms in total. The fourth-order valence-corrected chi connectivity index (χ4v) is 1.19. The molecule has 1 aromatic rings. The van der Waals surface area contributed by atoms with Gasteiger partial charge in [-0.2, -0.15) is 10.1 Å². The lowest BCUT2D eigenvalue weighted by atomic mass is 10.4. The minimum Gasteiger partial charge on any atom is -0.291 e. The quantitative estimate of drug-likeness (QED) is 0.669. The first-order valence-electron chi connectivity index (χ1n) is 4.10. The van der Waals surface area contributed by atoms with Crippen LogP contribution in [0.15, 0.2) is 16.0 Å². The van der Waals surface area contributed by atoms with Crippen LogP contribution in [0.1, 0.15) is 12.1 Å². The molecule has 0 aromatic carbocycles. The lowest BCUT2D eigenvalue weighted by Gasteiger charge is -2.09. The summed E-state index contributed by atoms with van der Waals surface area (Å²) in [5.41, 5.74) is 0.265. The van der Waals surface area contributed by atoms with Crippen LogP contribution in [0.2, 0.25) is 0 Å². The van der Waals surface area contributed by atoms with Crippen LogP contribution in [0.3, 0.4) is 0 Å². The number of hydrazone groups is 1. The summed E-state index contributed by atoms with van der Waals surface area (Å²) in [4.78, 5) is 28.8. The van der Waals surface area contributed by atoms with Gasteiger partial charge in [0.15, 0.2) is 0 Å². The third kappa shape index (κ3) is 1.41. The Morgan fingerprint density at radius 1 is 1.50 bits per heavy atom. The molecule has 0 unspecified atom stereocenters. The van der Waals surface area contributed by atoms with E-state index in [1.165, 1.54) is 12.3 Å². The van der Waals surface area contributed by atoms with Crippen LogP contribution in [0.4, 0.5) is 5.95 Å². The van der Waals surface area contributed by atoms with Gasteiger partial charge in [-0.1, -0.05) is 0 Å². The highest BCUT2D eigenvalue weighted by Gasteiger charge is 2.20. The van der Waals surface area contributed by atoms with E-state index in [0.717, 1.165) is 5.01 Å². The molecule has 2 rings (SSSR count). The molecule has 0 atom stereocenters.